The molecule has 4 heterocycles. The summed E-state index contributed by atoms with van der Waals surface area (Å²) >= 11 is 0.773. The second-order valence-electron chi connectivity index (χ2n) is 9.56. The molecule has 1 aliphatic heterocycles. The Balaban J connectivity index is 1.66. The fourth-order valence-corrected chi connectivity index (χ4v) is 5.65. The van der Waals surface area contributed by atoms with E-state index in [-0.39, 0.29) is 33.3 Å². The normalized spacial score (nSPS) is 15.3. The van der Waals surface area contributed by atoms with E-state index in [1.807, 2.05) is 0 Å². The molecule has 0 spiro atoms. The zero-order valence-electron chi connectivity index (χ0n) is 21.7. The van der Waals surface area contributed by atoms with Gasteiger partial charge in [0.05, 0.1) is 5.52 Å². The van der Waals surface area contributed by atoms with E-state index in [0.29, 0.717) is 29.7 Å². The van der Waals surface area contributed by atoms with Gasteiger partial charge in [0, 0.05) is 47.4 Å². The van der Waals surface area contributed by atoms with Gasteiger partial charge in [-0.05, 0) is 56.1 Å². The molecule has 3 aromatic heterocycles. The van der Waals surface area contributed by atoms with Crippen LogP contribution in [0.5, 0.6) is 0 Å². The maximum atomic E-state index is 13.4. The van der Waals surface area contributed by atoms with E-state index >= 15 is 0 Å². The SMILES string of the molecule is CCNC(=O)Nc1cc(-c2nc(C(F)(F)F)cs2)c(-c2ccc3c(c2)c(=O)c(C(=O)O)cn3CC2CCNC2)cn1. The third-order valence-electron chi connectivity index (χ3n) is 6.75. The molecule has 1 unspecified atom stereocenters. The van der Waals surface area contributed by atoms with E-state index in [1.54, 1.807) is 23.6 Å². The molecule has 1 fully saturated rings. The van der Waals surface area contributed by atoms with E-state index in [0.717, 1.165) is 36.2 Å². The summed E-state index contributed by atoms with van der Waals surface area (Å²) in [5.41, 5.74) is -0.563. The van der Waals surface area contributed by atoms with Crippen LogP contribution in [0.4, 0.5) is 23.8 Å². The number of nitrogens with zero attached hydrogens (tertiary/aromatic N) is 3. The van der Waals surface area contributed by atoms with Crippen LogP contribution in [0.1, 0.15) is 29.4 Å². The Labute approximate surface area is 235 Å². The highest BCUT2D eigenvalue weighted by molar-refractivity contribution is 7.13. The van der Waals surface area contributed by atoms with Crippen LogP contribution in [0.3, 0.4) is 0 Å². The fraction of sp³-hybridized carbons (Fsp3) is 0.296. The number of carboxylic acids is 1. The number of rotatable bonds is 7. The lowest BCUT2D eigenvalue weighted by Gasteiger charge is -2.17. The predicted molar refractivity (Wildman–Crippen MR) is 148 cm³/mol. The number of carboxylic acid groups (broad SMARTS) is 1. The average molecular weight is 587 g/mol. The topological polar surface area (TPSA) is 138 Å². The van der Waals surface area contributed by atoms with Crippen molar-refractivity contribution in [1.29, 1.82) is 0 Å². The average Bonchev–Trinajstić information content (AvgIpc) is 3.63. The molecular formula is C27H25F3N6O4S. The number of halogens is 3. The number of carbonyl (C=O) groups excluding carboxylic acids is 1. The Hall–Kier alpha value is -4.30. The van der Waals surface area contributed by atoms with E-state index in [1.165, 1.54) is 24.5 Å². The number of pyridine rings is 2. The number of benzene rings is 1. The summed E-state index contributed by atoms with van der Waals surface area (Å²) in [4.78, 5) is 45.3. The van der Waals surface area contributed by atoms with Crippen molar-refractivity contribution in [2.24, 2.45) is 5.92 Å². The molecule has 4 N–H and O–H groups in total. The first-order valence-corrected chi connectivity index (χ1v) is 13.6. The standard InChI is InChI=1S/C27H25F3N6O4S/c1-2-32-26(40)35-22-8-16(24-34-21(13-41-24)27(28,29)30)18(10-33-22)15-3-4-20-17(7-15)23(37)19(25(38)39)12-36(20)11-14-5-6-31-9-14/h3-4,7-8,10,12-14,31H,2,5-6,9,11H2,1H3,(H,38,39)(H2,32,33,35,40). The number of aromatic nitrogens is 3. The van der Waals surface area contributed by atoms with Gasteiger partial charge in [0.15, 0.2) is 5.69 Å². The lowest BCUT2D eigenvalue weighted by atomic mass is 9.99. The lowest BCUT2D eigenvalue weighted by molar-refractivity contribution is -0.140. The molecule has 0 saturated carbocycles. The van der Waals surface area contributed by atoms with Crippen molar-refractivity contribution in [3.05, 3.63) is 63.5 Å². The molecule has 14 heteroatoms. The highest BCUT2D eigenvalue weighted by Crippen LogP contribution is 2.39. The molecule has 0 radical (unpaired) electrons. The summed E-state index contributed by atoms with van der Waals surface area (Å²) in [5, 5.41) is 19.2. The van der Waals surface area contributed by atoms with Crippen LogP contribution in [0.25, 0.3) is 32.6 Å². The van der Waals surface area contributed by atoms with Crippen LogP contribution in [0.2, 0.25) is 0 Å². The third-order valence-corrected chi connectivity index (χ3v) is 7.62. The van der Waals surface area contributed by atoms with Gasteiger partial charge in [-0.25, -0.2) is 19.6 Å². The molecular weight excluding hydrogens is 561 g/mol. The van der Waals surface area contributed by atoms with Crippen molar-refractivity contribution in [3.8, 4) is 21.7 Å². The van der Waals surface area contributed by atoms with Gasteiger partial charge in [0.2, 0.25) is 5.43 Å². The zero-order valence-corrected chi connectivity index (χ0v) is 22.5. The first-order valence-electron chi connectivity index (χ1n) is 12.7. The predicted octanol–water partition coefficient (Wildman–Crippen LogP) is 4.65. The molecule has 5 rings (SSSR count). The number of alkyl halides is 3. The number of carbonyl (C=O) groups is 2. The number of urea groups is 1. The van der Waals surface area contributed by atoms with Crippen LogP contribution in [-0.2, 0) is 12.7 Å². The maximum Gasteiger partial charge on any atom is 0.434 e. The molecule has 1 atom stereocenters. The summed E-state index contributed by atoms with van der Waals surface area (Å²) < 4.78 is 41.8. The first-order chi connectivity index (χ1) is 19.5. The number of thiazole rings is 1. The van der Waals surface area contributed by atoms with Gasteiger partial charge in [-0.1, -0.05) is 6.07 Å². The number of aromatic carboxylic acids is 1. The maximum absolute atomic E-state index is 13.4. The van der Waals surface area contributed by atoms with Crippen LogP contribution in [0, 0.1) is 5.92 Å². The van der Waals surface area contributed by atoms with Gasteiger partial charge in [0.1, 0.15) is 16.4 Å². The number of anilines is 1. The van der Waals surface area contributed by atoms with E-state index in [9.17, 15) is 32.7 Å². The summed E-state index contributed by atoms with van der Waals surface area (Å²) in [6, 6.07) is 5.77. The van der Waals surface area contributed by atoms with Crippen LogP contribution in [0.15, 0.2) is 46.8 Å². The van der Waals surface area contributed by atoms with Gasteiger partial charge in [0.25, 0.3) is 0 Å². The number of fused-ring (bicyclic) bond motifs is 1. The van der Waals surface area contributed by atoms with Crippen LogP contribution in [-0.4, -0.2) is 51.3 Å². The van der Waals surface area contributed by atoms with Gasteiger partial charge in [-0.15, -0.1) is 11.3 Å². The van der Waals surface area contributed by atoms with Crippen molar-refractivity contribution in [2.75, 3.05) is 25.0 Å². The summed E-state index contributed by atoms with van der Waals surface area (Å²) in [7, 11) is 0. The van der Waals surface area contributed by atoms with E-state index < -0.39 is 29.3 Å². The van der Waals surface area contributed by atoms with Crippen molar-refractivity contribution in [2.45, 2.75) is 26.1 Å². The van der Waals surface area contributed by atoms with Gasteiger partial charge in [-0.2, -0.15) is 13.2 Å². The summed E-state index contributed by atoms with van der Waals surface area (Å²) in [6.07, 6.45) is -1.02. The molecule has 4 aromatic rings. The zero-order chi connectivity index (χ0) is 29.3. The van der Waals surface area contributed by atoms with Crippen LogP contribution >= 0.6 is 11.3 Å². The van der Waals surface area contributed by atoms with Crippen molar-refractivity contribution in [1.82, 2.24) is 25.2 Å². The molecule has 41 heavy (non-hydrogen) atoms. The molecule has 1 saturated heterocycles. The van der Waals surface area contributed by atoms with Gasteiger partial charge >= 0.3 is 18.2 Å². The van der Waals surface area contributed by atoms with Gasteiger partial charge < -0.3 is 20.3 Å². The monoisotopic (exact) mass is 586 g/mol. The largest absolute Gasteiger partial charge is 0.477 e. The smallest absolute Gasteiger partial charge is 0.434 e. The quantitative estimate of drug-likeness (QED) is 0.247. The Morgan fingerprint density at radius 2 is 2.05 bits per heavy atom. The summed E-state index contributed by atoms with van der Waals surface area (Å²) in [5.74, 6) is -1.01. The lowest BCUT2D eigenvalue weighted by Crippen LogP contribution is -2.28. The minimum atomic E-state index is -4.65. The third kappa shape index (κ3) is 5.93. The van der Waals surface area contributed by atoms with E-state index in [4.69, 9.17) is 0 Å². The number of nitrogens with one attached hydrogen (secondary N) is 3. The Morgan fingerprint density at radius 1 is 1.24 bits per heavy atom. The summed E-state index contributed by atoms with van der Waals surface area (Å²) in [6.45, 7) is 4.21. The number of hydrogen-bond acceptors (Lipinski definition) is 7. The number of hydrogen-bond donors (Lipinski definition) is 4. The second-order valence-corrected chi connectivity index (χ2v) is 10.4. The highest BCUT2D eigenvalue weighted by atomic mass is 32.1. The molecule has 2 amide bonds. The molecule has 214 valence electrons. The molecule has 1 aromatic carbocycles. The minimum absolute atomic E-state index is 0.0270. The second kappa shape index (κ2) is 11.3. The number of amides is 2. The molecule has 0 bridgehead atoms. The fourth-order valence-electron chi connectivity index (χ4n) is 4.80. The van der Waals surface area contributed by atoms with Gasteiger partial charge in [-0.3, -0.25) is 10.1 Å². The molecule has 10 nitrogen and oxygen atoms in total. The first kappa shape index (κ1) is 28.2. The van der Waals surface area contributed by atoms with Crippen LogP contribution < -0.4 is 21.4 Å². The van der Waals surface area contributed by atoms with Crippen molar-refractivity contribution in [3.63, 3.8) is 0 Å². The highest BCUT2D eigenvalue weighted by Gasteiger charge is 2.34. The minimum Gasteiger partial charge on any atom is -0.477 e. The van der Waals surface area contributed by atoms with E-state index in [2.05, 4.69) is 25.9 Å². The Kier molecular flexibility index (Phi) is 7.78. The Bertz CT molecular complexity index is 1690. The Morgan fingerprint density at radius 3 is 2.71 bits per heavy atom. The molecule has 0 aliphatic carbocycles. The van der Waals surface area contributed by atoms with Crippen molar-refractivity contribution < 1.29 is 27.9 Å². The van der Waals surface area contributed by atoms with Crippen molar-refractivity contribution >= 4 is 40.1 Å². The molecule has 1 aliphatic rings.